The fourth-order valence-electron chi connectivity index (χ4n) is 3.09. The van der Waals surface area contributed by atoms with E-state index >= 15 is 0 Å². The van der Waals surface area contributed by atoms with Crippen molar-refractivity contribution < 1.29 is 9.18 Å². The van der Waals surface area contributed by atoms with Crippen LogP contribution in [0.3, 0.4) is 0 Å². The molecule has 0 radical (unpaired) electrons. The van der Waals surface area contributed by atoms with E-state index in [9.17, 15) is 9.18 Å². The number of aromatic nitrogens is 4. The molecular formula is C17H20ClFN6O. The van der Waals surface area contributed by atoms with Crippen LogP contribution in [0, 0.1) is 5.82 Å². The lowest BCUT2D eigenvalue weighted by Gasteiger charge is -2.22. The number of nitrogens with zero attached hydrogens (tertiary/aromatic N) is 3. The average molecular weight is 379 g/mol. The van der Waals surface area contributed by atoms with E-state index in [0.717, 1.165) is 25.9 Å². The Balaban J connectivity index is 0.00000196. The Morgan fingerprint density at radius 3 is 3.08 bits per heavy atom. The van der Waals surface area contributed by atoms with Crippen LogP contribution in [-0.2, 0) is 6.54 Å². The van der Waals surface area contributed by atoms with E-state index in [1.807, 2.05) is 10.9 Å². The standard InChI is InChI=1S/C17H19FN6O.ClH/c18-11-3-4-13-15(8-11)22-16(21-13)10-20-17(25)14-5-7-24(23-14)12-2-1-6-19-9-12;/h3-5,7-8,12,19H,1-2,6,9-10H2,(H,20,25)(H,21,22);1H. The largest absolute Gasteiger partial charge is 0.343 e. The van der Waals surface area contributed by atoms with Crippen molar-refractivity contribution in [2.24, 2.45) is 0 Å². The highest BCUT2D eigenvalue weighted by molar-refractivity contribution is 5.92. The van der Waals surface area contributed by atoms with Crippen LogP contribution in [0.2, 0.25) is 0 Å². The Kier molecular flexibility index (Phi) is 5.53. The van der Waals surface area contributed by atoms with E-state index in [1.54, 1.807) is 12.1 Å². The highest BCUT2D eigenvalue weighted by atomic mass is 35.5. The maximum Gasteiger partial charge on any atom is 0.272 e. The van der Waals surface area contributed by atoms with Crippen LogP contribution in [0.1, 0.15) is 35.2 Å². The van der Waals surface area contributed by atoms with E-state index in [2.05, 4.69) is 25.7 Å². The summed E-state index contributed by atoms with van der Waals surface area (Å²) in [5, 5.41) is 10.5. The molecule has 138 valence electrons. The quantitative estimate of drug-likeness (QED) is 0.649. The van der Waals surface area contributed by atoms with Crippen molar-refractivity contribution in [2.75, 3.05) is 13.1 Å². The molecule has 9 heteroatoms. The Hall–Kier alpha value is -2.45. The van der Waals surface area contributed by atoms with E-state index in [1.165, 1.54) is 12.1 Å². The maximum atomic E-state index is 13.2. The van der Waals surface area contributed by atoms with Crippen molar-refractivity contribution in [3.05, 3.63) is 47.8 Å². The third-order valence-corrected chi connectivity index (χ3v) is 4.40. The van der Waals surface area contributed by atoms with Gasteiger partial charge in [-0.05, 0) is 43.7 Å². The molecule has 26 heavy (non-hydrogen) atoms. The van der Waals surface area contributed by atoms with E-state index in [0.29, 0.717) is 28.6 Å². The SMILES string of the molecule is Cl.O=C(NCc1nc2ccc(F)cc2[nH]1)c1ccn(C2CCCNC2)n1. The second kappa shape index (κ2) is 7.84. The molecule has 1 unspecified atom stereocenters. The Morgan fingerprint density at radius 2 is 2.27 bits per heavy atom. The lowest BCUT2D eigenvalue weighted by atomic mass is 10.1. The minimum Gasteiger partial charge on any atom is -0.343 e. The summed E-state index contributed by atoms with van der Waals surface area (Å²) in [5.74, 6) is -0.00602. The van der Waals surface area contributed by atoms with E-state index < -0.39 is 0 Å². The van der Waals surface area contributed by atoms with Crippen molar-refractivity contribution in [2.45, 2.75) is 25.4 Å². The Labute approximate surface area is 155 Å². The van der Waals surface area contributed by atoms with Crippen LogP contribution < -0.4 is 10.6 Å². The first kappa shape index (κ1) is 18.3. The van der Waals surface area contributed by atoms with Crippen molar-refractivity contribution in [3.8, 4) is 0 Å². The number of amides is 1. The first-order valence-electron chi connectivity index (χ1n) is 8.37. The molecule has 1 aliphatic rings. The molecule has 1 fully saturated rings. The molecule has 4 rings (SSSR count). The molecule has 0 aliphatic carbocycles. The molecule has 1 saturated heterocycles. The fourth-order valence-corrected chi connectivity index (χ4v) is 3.09. The van der Waals surface area contributed by atoms with Gasteiger partial charge in [0.1, 0.15) is 17.3 Å². The van der Waals surface area contributed by atoms with Gasteiger partial charge in [0.2, 0.25) is 0 Å². The van der Waals surface area contributed by atoms with Gasteiger partial charge in [0, 0.05) is 12.7 Å². The summed E-state index contributed by atoms with van der Waals surface area (Å²) < 4.78 is 15.1. The molecule has 2 aromatic heterocycles. The molecule has 3 aromatic rings. The normalized spacial score (nSPS) is 17.0. The molecule has 7 nitrogen and oxygen atoms in total. The Bertz CT molecular complexity index is 902. The number of rotatable bonds is 4. The number of benzene rings is 1. The minimum absolute atomic E-state index is 0. The van der Waals surface area contributed by atoms with Crippen LogP contribution in [0.25, 0.3) is 11.0 Å². The van der Waals surface area contributed by atoms with Crippen molar-refractivity contribution in [1.29, 1.82) is 0 Å². The second-order valence-corrected chi connectivity index (χ2v) is 6.21. The van der Waals surface area contributed by atoms with Gasteiger partial charge >= 0.3 is 0 Å². The molecule has 0 spiro atoms. The second-order valence-electron chi connectivity index (χ2n) is 6.21. The number of halogens is 2. The Morgan fingerprint density at radius 1 is 1.38 bits per heavy atom. The zero-order valence-corrected chi connectivity index (χ0v) is 14.9. The van der Waals surface area contributed by atoms with Gasteiger partial charge < -0.3 is 15.6 Å². The first-order valence-corrected chi connectivity index (χ1v) is 8.37. The molecule has 1 aliphatic heterocycles. The predicted octanol–water partition coefficient (Wildman–Crippen LogP) is 2.17. The number of carbonyl (C=O) groups excluding carboxylic acids is 1. The number of carbonyl (C=O) groups is 1. The fraction of sp³-hybridized carbons (Fsp3) is 0.353. The van der Waals surface area contributed by atoms with Gasteiger partial charge in [-0.2, -0.15) is 5.10 Å². The average Bonchev–Trinajstić information content (AvgIpc) is 3.27. The molecule has 1 atom stereocenters. The molecule has 0 saturated carbocycles. The van der Waals surface area contributed by atoms with Gasteiger partial charge in [-0.25, -0.2) is 9.37 Å². The number of piperidine rings is 1. The van der Waals surface area contributed by atoms with Gasteiger partial charge in [-0.1, -0.05) is 0 Å². The number of aromatic amines is 1. The highest BCUT2D eigenvalue weighted by Crippen LogP contribution is 2.16. The number of imidazole rings is 1. The van der Waals surface area contributed by atoms with E-state index in [-0.39, 0.29) is 30.7 Å². The summed E-state index contributed by atoms with van der Waals surface area (Å²) in [6.45, 7) is 2.14. The van der Waals surface area contributed by atoms with Crippen LogP contribution in [0.15, 0.2) is 30.5 Å². The van der Waals surface area contributed by atoms with Gasteiger partial charge in [0.05, 0.1) is 23.6 Å². The summed E-state index contributed by atoms with van der Waals surface area (Å²) in [4.78, 5) is 19.6. The number of nitrogens with one attached hydrogen (secondary N) is 3. The van der Waals surface area contributed by atoms with Crippen molar-refractivity contribution >= 4 is 29.3 Å². The van der Waals surface area contributed by atoms with Gasteiger partial charge in [0.25, 0.3) is 5.91 Å². The summed E-state index contributed by atoms with van der Waals surface area (Å²) in [5.41, 5.74) is 1.66. The smallest absolute Gasteiger partial charge is 0.272 e. The van der Waals surface area contributed by atoms with Gasteiger partial charge in [-0.3, -0.25) is 9.48 Å². The third kappa shape index (κ3) is 3.86. The maximum absolute atomic E-state index is 13.2. The van der Waals surface area contributed by atoms with Crippen LogP contribution in [0.4, 0.5) is 4.39 Å². The van der Waals surface area contributed by atoms with E-state index in [4.69, 9.17) is 0 Å². The highest BCUT2D eigenvalue weighted by Gasteiger charge is 2.17. The topological polar surface area (TPSA) is 87.6 Å². The number of H-pyrrole nitrogens is 1. The molecular weight excluding hydrogens is 359 g/mol. The monoisotopic (exact) mass is 378 g/mol. The van der Waals surface area contributed by atoms with Crippen molar-refractivity contribution in [3.63, 3.8) is 0 Å². The molecule has 1 aromatic carbocycles. The van der Waals surface area contributed by atoms with Gasteiger partial charge in [-0.15, -0.1) is 12.4 Å². The number of fused-ring (bicyclic) bond motifs is 1. The minimum atomic E-state index is -0.325. The molecule has 3 heterocycles. The summed E-state index contributed by atoms with van der Waals surface area (Å²) >= 11 is 0. The summed E-state index contributed by atoms with van der Waals surface area (Å²) in [6, 6.07) is 6.36. The van der Waals surface area contributed by atoms with Crippen LogP contribution in [-0.4, -0.2) is 38.7 Å². The molecule has 3 N–H and O–H groups in total. The van der Waals surface area contributed by atoms with Crippen LogP contribution >= 0.6 is 12.4 Å². The van der Waals surface area contributed by atoms with Gasteiger partial charge in [0.15, 0.2) is 0 Å². The summed E-state index contributed by atoms with van der Waals surface area (Å²) in [7, 11) is 0. The predicted molar refractivity (Wildman–Crippen MR) is 97.8 cm³/mol. The van der Waals surface area contributed by atoms with Crippen LogP contribution in [0.5, 0.6) is 0 Å². The zero-order valence-electron chi connectivity index (χ0n) is 14.0. The lowest BCUT2D eigenvalue weighted by Crippen LogP contribution is -2.32. The summed E-state index contributed by atoms with van der Waals surface area (Å²) in [6.07, 6.45) is 4.01. The molecule has 0 bridgehead atoms. The number of hydrogen-bond acceptors (Lipinski definition) is 4. The van der Waals surface area contributed by atoms with Crippen molar-refractivity contribution in [1.82, 2.24) is 30.4 Å². The third-order valence-electron chi connectivity index (χ3n) is 4.40. The number of hydrogen-bond donors (Lipinski definition) is 3. The lowest BCUT2D eigenvalue weighted by molar-refractivity contribution is 0.0943. The first-order chi connectivity index (χ1) is 12.2. The zero-order chi connectivity index (χ0) is 17.2. The molecule has 1 amide bonds.